The number of hydrogen-bond donors (Lipinski definition) is 1. The maximum absolute atomic E-state index is 12.1. The van der Waals surface area contributed by atoms with E-state index in [-0.39, 0.29) is 16.7 Å². The van der Waals surface area contributed by atoms with E-state index in [4.69, 9.17) is 9.47 Å². The van der Waals surface area contributed by atoms with Crippen molar-refractivity contribution in [2.24, 2.45) is 0 Å². The van der Waals surface area contributed by atoms with Crippen LogP contribution >= 0.6 is 27.3 Å². The zero-order valence-electron chi connectivity index (χ0n) is 16.5. The summed E-state index contributed by atoms with van der Waals surface area (Å²) in [5.74, 6) is -1.14. The molecule has 0 radical (unpaired) electrons. The van der Waals surface area contributed by atoms with E-state index in [1.54, 1.807) is 0 Å². The molecule has 1 aromatic heterocycles. The summed E-state index contributed by atoms with van der Waals surface area (Å²) in [5.41, 5.74) is 2.70. The molecule has 1 heterocycles. The van der Waals surface area contributed by atoms with Crippen molar-refractivity contribution in [3.63, 3.8) is 0 Å². The van der Waals surface area contributed by atoms with Crippen molar-refractivity contribution in [3.8, 4) is 17.3 Å². The lowest BCUT2D eigenvalue weighted by molar-refractivity contribution is 0.0587. The molecule has 0 aliphatic carbocycles. The number of allylic oxidation sites excluding steroid dienone is 1. The van der Waals surface area contributed by atoms with Crippen LogP contribution in [-0.4, -0.2) is 31.1 Å². The largest absolute Gasteiger partial charge is 0.465 e. The zero-order chi connectivity index (χ0) is 22.4. The predicted molar refractivity (Wildman–Crippen MR) is 122 cm³/mol. The first-order valence-corrected chi connectivity index (χ1v) is 10.5. The maximum Gasteiger partial charge on any atom is 0.339 e. The van der Waals surface area contributed by atoms with E-state index in [2.05, 4.69) is 32.3 Å². The van der Waals surface area contributed by atoms with Crippen LogP contribution < -0.4 is 5.32 Å². The number of esters is 2. The minimum atomic E-state index is -0.586. The number of hydrogen-bond acceptors (Lipinski definition) is 8. The fourth-order valence-electron chi connectivity index (χ4n) is 2.64. The van der Waals surface area contributed by atoms with Crippen molar-refractivity contribution in [1.82, 2.24) is 4.98 Å². The van der Waals surface area contributed by atoms with Crippen LogP contribution in [0.1, 0.15) is 25.7 Å². The first-order chi connectivity index (χ1) is 15.0. The van der Waals surface area contributed by atoms with Gasteiger partial charge in [0.25, 0.3) is 0 Å². The van der Waals surface area contributed by atoms with Gasteiger partial charge in [0.15, 0.2) is 0 Å². The highest BCUT2D eigenvalue weighted by molar-refractivity contribution is 9.10. The molecule has 7 nitrogen and oxygen atoms in total. The van der Waals surface area contributed by atoms with E-state index < -0.39 is 11.9 Å². The Morgan fingerprint density at radius 3 is 2.48 bits per heavy atom. The zero-order valence-corrected chi connectivity index (χ0v) is 18.9. The molecule has 9 heteroatoms. The van der Waals surface area contributed by atoms with Crippen LogP contribution in [-0.2, 0) is 9.47 Å². The van der Waals surface area contributed by atoms with Gasteiger partial charge >= 0.3 is 11.9 Å². The van der Waals surface area contributed by atoms with Crippen LogP contribution in [0, 0.1) is 11.3 Å². The first-order valence-electron chi connectivity index (χ1n) is 8.86. The number of rotatable bonds is 6. The Morgan fingerprint density at radius 2 is 1.84 bits per heavy atom. The van der Waals surface area contributed by atoms with Crippen LogP contribution in [0.25, 0.3) is 16.8 Å². The van der Waals surface area contributed by atoms with Crippen LogP contribution in [0.3, 0.4) is 0 Å². The average molecular weight is 498 g/mol. The third-order valence-corrected chi connectivity index (χ3v) is 5.62. The number of ether oxygens (including phenoxy) is 2. The smallest absolute Gasteiger partial charge is 0.339 e. The summed E-state index contributed by atoms with van der Waals surface area (Å²) < 4.78 is 10.5. The summed E-state index contributed by atoms with van der Waals surface area (Å²) >= 11 is 4.72. The lowest BCUT2D eigenvalue weighted by atomic mass is 10.1. The average Bonchev–Trinajstić information content (AvgIpc) is 3.28. The minimum absolute atomic E-state index is 0.207. The molecule has 0 unspecified atom stereocenters. The highest BCUT2D eigenvalue weighted by atomic mass is 79.9. The van der Waals surface area contributed by atoms with Gasteiger partial charge in [-0.1, -0.05) is 28.1 Å². The molecule has 3 aromatic rings. The minimum Gasteiger partial charge on any atom is -0.465 e. The number of anilines is 1. The molecule has 2 aromatic carbocycles. The molecular weight excluding hydrogens is 482 g/mol. The fraction of sp³-hybridized carbons (Fsp3) is 0.0909. The van der Waals surface area contributed by atoms with Gasteiger partial charge in [-0.15, -0.1) is 11.3 Å². The SMILES string of the molecule is COC(=O)c1ccc(C(=O)OC)c(NC=C(C#N)c2nc(-c3ccc(Br)cc3)cs2)c1. The summed E-state index contributed by atoms with van der Waals surface area (Å²) in [6.45, 7) is 0. The number of thiazole rings is 1. The van der Waals surface area contributed by atoms with Crippen LogP contribution in [0.5, 0.6) is 0 Å². The van der Waals surface area contributed by atoms with Gasteiger partial charge in [0.1, 0.15) is 16.6 Å². The molecule has 0 atom stereocenters. The second-order valence-corrected chi connectivity index (χ2v) is 7.88. The topological polar surface area (TPSA) is 101 Å². The Kier molecular flexibility index (Phi) is 7.18. The van der Waals surface area contributed by atoms with Crippen molar-refractivity contribution in [3.05, 3.63) is 74.7 Å². The van der Waals surface area contributed by atoms with Gasteiger partial charge in [-0.2, -0.15) is 5.26 Å². The van der Waals surface area contributed by atoms with Gasteiger partial charge in [0, 0.05) is 21.6 Å². The molecule has 0 bridgehead atoms. The Balaban J connectivity index is 1.92. The number of nitrogens with zero attached hydrogens (tertiary/aromatic N) is 2. The summed E-state index contributed by atoms with van der Waals surface area (Å²) in [4.78, 5) is 28.5. The molecule has 0 amide bonds. The molecule has 156 valence electrons. The van der Waals surface area contributed by atoms with Crippen LogP contribution in [0.4, 0.5) is 5.69 Å². The Labute approximate surface area is 191 Å². The standard InChI is InChI=1S/C22H16BrN3O4S/c1-29-21(27)14-5-8-17(22(28)30-2)18(9-14)25-11-15(10-24)20-26-19(12-31-20)13-3-6-16(23)7-4-13/h3-9,11-12,25H,1-2H3. The molecule has 0 aliphatic rings. The molecule has 1 N–H and O–H groups in total. The number of nitriles is 1. The molecule has 0 saturated carbocycles. The lowest BCUT2D eigenvalue weighted by Crippen LogP contribution is -2.08. The number of halogens is 1. The van der Waals surface area contributed by atoms with E-state index in [9.17, 15) is 14.9 Å². The quantitative estimate of drug-likeness (QED) is 0.372. The van der Waals surface area contributed by atoms with E-state index in [1.165, 1.54) is 50.0 Å². The molecular formula is C22H16BrN3O4S. The number of carbonyl (C=O) groups is 2. The summed E-state index contributed by atoms with van der Waals surface area (Å²) in [6.07, 6.45) is 1.44. The van der Waals surface area contributed by atoms with Gasteiger partial charge in [-0.25, -0.2) is 14.6 Å². The van der Waals surface area contributed by atoms with E-state index in [0.717, 1.165) is 15.7 Å². The molecule has 31 heavy (non-hydrogen) atoms. The molecule has 0 fully saturated rings. The van der Waals surface area contributed by atoms with E-state index in [0.29, 0.717) is 10.7 Å². The number of benzene rings is 2. The normalized spacial score (nSPS) is 10.8. The van der Waals surface area contributed by atoms with Crippen molar-refractivity contribution >= 4 is 50.5 Å². The van der Waals surface area contributed by atoms with Gasteiger partial charge in [0.05, 0.1) is 36.7 Å². The van der Waals surface area contributed by atoms with Crippen molar-refractivity contribution < 1.29 is 19.1 Å². The third-order valence-electron chi connectivity index (χ3n) is 4.21. The van der Waals surface area contributed by atoms with E-state index in [1.807, 2.05) is 29.6 Å². The van der Waals surface area contributed by atoms with Gasteiger partial charge < -0.3 is 14.8 Å². The van der Waals surface area contributed by atoms with Crippen molar-refractivity contribution in [2.75, 3.05) is 19.5 Å². The molecule has 0 spiro atoms. The van der Waals surface area contributed by atoms with Crippen LogP contribution in [0.15, 0.2) is 58.5 Å². The summed E-state index contributed by atoms with van der Waals surface area (Å²) in [7, 11) is 2.53. The summed E-state index contributed by atoms with van der Waals surface area (Å²) in [6, 6.07) is 14.2. The molecule has 0 saturated heterocycles. The second kappa shape index (κ2) is 10.0. The Hall–Kier alpha value is -3.48. The monoisotopic (exact) mass is 497 g/mol. The maximum atomic E-state index is 12.1. The lowest BCUT2D eigenvalue weighted by Gasteiger charge is -2.10. The van der Waals surface area contributed by atoms with Gasteiger partial charge in [0.2, 0.25) is 0 Å². The molecule has 0 aliphatic heterocycles. The third kappa shape index (κ3) is 5.17. The fourth-order valence-corrected chi connectivity index (χ4v) is 3.70. The highest BCUT2D eigenvalue weighted by Crippen LogP contribution is 2.27. The number of nitrogens with one attached hydrogen (secondary N) is 1. The Bertz CT molecular complexity index is 1200. The van der Waals surface area contributed by atoms with Gasteiger partial charge in [-0.3, -0.25) is 0 Å². The first kappa shape index (κ1) is 22.2. The number of aromatic nitrogens is 1. The van der Waals surface area contributed by atoms with E-state index >= 15 is 0 Å². The van der Waals surface area contributed by atoms with Crippen molar-refractivity contribution in [2.45, 2.75) is 0 Å². The predicted octanol–water partition coefficient (Wildman–Crippen LogP) is 5.12. The van der Waals surface area contributed by atoms with Gasteiger partial charge in [-0.05, 0) is 30.3 Å². The molecule has 3 rings (SSSR count). The number of carbonyl (C=O) groups excluding carboxylic acids is 2. The highest BCUT2D eigenvalue weighted by Gasteiger charge is 2.16. The van der Waals surface area contributed by atoms with Crippen LogP contribution in [0.2, 0.25) is 0 Å². The second-order valence-electron chi connectivity index (χ2n) is 6.10. The Morgan fingerprint density at radius 1 is 1.13 bits per heavy atom. The summed E-state index contributed by atoms with van der Waals surface area (Å²) in [5, 5.41) is 14.9. The van der Waals surface area contributed by atoms with Crippen molar-refractivity contribution in [1.29, 1.82) is 5.26 Å². The number of methoxy groups -OCH3 is 2.